The number of hydrogen-bond donors (Lipinski definition) is 0. The first kappa shape index (κ1) is 13.6. The highest BCUT2D eigenvalue weighted by atomic mass is 28.3. The van der Waals surface area contributed by atoms with Crippen molar-refractivity contribution in [3.05, 3.63) is 0 Å². The van der Waals surface area contributed by atoms with Crippen molar-refractivity contribution in [2.75, 3.05) is 0 Å². The zero-order valence-electron chi connectivity index (χ0n) is 10.5. The Balaban J connectivity index is 4.27. The Bertz CT molecular complexity index is 205. The van der Waals surface area contributed by atoms with Crippen LogP contribution in [0.5, 0.6) is 0 Å². The van der Waals surface area contributed by atoms with Crippen LogP contribution in [0.4, 0.5) is 0 Å². The second kappa shape index (κ2) is 6.13. The van der Waals surface area contributed by atoms with Crippen LogP contribution in [0.3, 0.4) is 0 Å². The molecular formula is C12H24OSi. The van der Waals surface area contributed by atoms with Crippen LogP contribution in [0.1, 0.15) is 40.5 Å². The molecule has 2 heteroatoms. The van der Waals surface area contributed by atoms with E-state index in [1.807, 2.05) is 0 Å². The van der Waals surface area contributed by atoms with Gasteiger partial charge in [0, 0.05) is 5.92 Å². The van der Waals surface area contributed by atoms with Gasteiger partial charge in [-0.05, 0) is 24.9 Å². The second-order valence-electron chi connectivity index (χ2n) is 5.12. The molecule has 0 saturated carbocycles. The first-order valence-corrected chi connectivity index (χ1v) is 8.32. The van der Waals surface area contributed by atoms with E-state index >= 15 is 0 Å². The first-order chi connectivity index (χ1) is 6.38. The molecule has 0 rings (SSSR count). The van der Waals surface area contributed by atoms with E-state index in [2.05, 4.69) is 52.8 Å². The molecule has 1 nitrogen and oxygen atoms in total. The summed E-state index contributed by atoms with van der Waals surface area (Å²) in [5.41, 5.74) is 0.269. The Hall–Kier alpha value is -0.423. The van der Waals surface area contributed by atoms with Crippen molar-refractivity contribution >= 4 is 9.04 Å². The van der Waals surface area contributed by atoms with Gasteiger partial charge in [-0.15, -0.1) is 0 Å². The van der Waals surface area contributed by atoms with Gasteiger partial charge in [-0.25, -0.2) is 0 Å². The Morgan fingerprint density at radius 3 is 2.21 bits per heavy atom. The van der Waals surface area contributed by atoms with Crippen LogP contribution >= 0.6 is 0 Å². The Kier molecular flexibility index (Phi) is 5.95. The van der Waals surface area contributed by atoms with Crippen molar-refractivity contribution in [3.8, 4) is 12.0 Å². The lowest BCUT2D eigenvalue weighted by Crippen LogP contribution is -2.18. The molecule has 0 bridgehead atoms. The summed E-state index contributed by atoms with van der Waals surface area (Å²) in [5, 5.41) is 0. The molecule has 0 amide bonds. The zero-order valence-corrected chi connectivity index (χ0v) is 11.6. The molecule has 0 aliphatic rings. The molecule has 0 spiro atoms. The van der Waals surface area contributed by atoms with Gasteiger partial charge in [0.15, 0.2) is 0 Å². The smallest absolute Gasteiger partial charge is 0.244 e. The molecule has 0 aromatic heterocycles. The molecule has 0 N–H and O–H groups in total. The summed E-state index contributed by atoms with van der Waals surface area (Å²) in [6.07, 6.45) is 5.24. The fourth-order valence-corrected chi connectivity index (χ4v) is 1.54. The minimum absolute atomic E-state index is 0.269. The van der Waals surface area contributed by atoms with E-state index < -0.39 is 9.04 Å². The van der Waals surface area contributed by atoms with Gasteiger partial charge in [-0.3, -0.25) is 0 Å². The summed E-state index contributed by atoms with van der Waals surface area (Å²) in [5.74, 6) is 3.71. The summed E-state index contributed by atoms with van der Waals surface area (Å²) in [4.78, 5) is 0. The molecule has 0 saturated heterocycles. The minimum atomic E-state index is -0.977. The van der Waals surface area contributed by atoms with Crippen LogP contribution in [0.15, 0.2) is 0 Å². The van der Waals surface area contributed by atoms with Gasteiger partial charge in [-0.1, -0.05) is 40.0 Å². The molecule has 0 fully saturated rings. The lowest BCUT2D eigenvalue weighted by atomic mass is 9.79. The Morgan fingerprint density at radius 1 is 1.29 bits per heavy atom. The molecule has 14 heavy (non-hydrogen) atoms. The molecule has 0 aliphatic carbocycles. The highest BCUT2D eigenvalue weighted by molar-refractivity contribution is 6.48. The van der Waals surface area contributed by atoms with E-state index in [1.54, 1.807) is 0 Å². The first-order valence-electron chi connectivity index (χ1n) is 5.54. The van der Waals surface area contributed by atoms with Gasteiger partial charge < -0.3 is 4.43 Å². The molecule has 82 valence electrons. The highest BCUT2D eigenvalue weighted by Gasteiger charge is 2.21. The second-order valence-corrected chi connectivity index (χ2v) is 7.45. The standard InChI is InChI=1S/C12H24OSi/c1-7-8-11(12(2,3)4)9-10-13-14(5)6/h11,14H,7-8H2,1-6H3. The summed E-state index contributed by atoms with van der Waals surface area (Å²) < 4.78 is 5.39. The monoisotopic (exact) mass is 212 g/mol. The molecule has 0 aromatic rings. The van der Waals surface area contributed by atoms with E-state index in [9.17, 15) is 0 Å². The lowest BCUT2D eigenvalue weighted by Gasteiger charge is -2.25. The van der Waals surface area contributed by atoms with Crippen LogP contribution in [0.2, 0.25) is 13.1 Å². The Labute approximate surface area is 91.0 Å². The van der Waals surface area contributed by atoms with Crippen LogP contribution < -0.4 is 0 Å². The molecule has 1 atom stereocenters. The molecule has 1 unspecified atom stereocenters. The molecule has 0 radical (unpaired) electrons. The average Bonchev–Trinajstić information content (AvgIpc) is 2.00. The largest absolute Gasteiger partial charge is 0.505 e. The van der Waals surface area contributed by atoms with Gasteiger partial charge in [0.05, 0.1) is 6.11 Å². The predicted octanol–water partition coefficient (Wildman–Crippen LogP) is 3.41. The maximum Gasteiger partial charge on any atom is 0.244 e. The zero-order chi connectivity index (χ0) is 11.2. The summed E-state index contributed by atoms with van der Waals surface area (Å²) >= 11 is 0. The van der Waals surface area contributed by atoms with Crippen LogP contribution in [-0.4, -0.2) is 9.04 Å². The molecule has 0 aromatic carbocycles. The highest BCUT2D eigenvalue weighted by Crippen LogP contribution is 2.28. The van der Waals surface area contributed by atoms with Gasteiger partial charge in [0.1, 0.15) is 0 Å². The van der Waals surface area contributed by atoms with Crippen molar-refractivity contribution in [3.63, 3.8) is 0 Å². The van der Waals surface area contributed by atoms with Crippen molar-refractivity contribution in [1.82, 2.24) is 0 Å². The fourth-order valence-electron chi connectivity index (χ4n) is 1.23. The molecule has 0 heterocycles. The maximum atomic E-state index is 5.39. The fraction of sp³-hybridized carbons (Fsp3) is 0.833. The molecule has 0 aliphatic heterocycles. The molecular weight excluding hydrogens is 188 g/mol. The SMILES string of the molecule is CCCC(C#CO[SiH](C)C)C(C)(C)C. The minimum Gasteiger partial charge on any atom is -0.505 e. The van der Waals surface area contributed by atoms with Crippen LogP contribution in [-0.2, 0) is 4.43 Å². The van der Waals surface area contributed by atoms with E-state index in [0.29, 0.717) is 5.92 Å². The van der Waals surface area contributed by atoms with Crippen LogP contribution in [0.25, 0.3) is 0 Å². The quantitative estimate of drug-likeness (QED) is 0.514. The normalized spacial score (nSPS) is 13.4. The van der Waals surface area contributed by atoms with Gasteiger partial charge in [-0.2, -0.15) is 0 Å². The third kappa shape index (κ3) is 6.10. The summed E-state index contributed by atoms with van der Waals surface area (Å²) in [7, 11) is -0.977. The van der Waals surface area contributed by atoms with E-state index in [0.717, 1.165) is 0 Å². The maximum absolute atomic E-state index is 5.39. The number of hydrogen-bond acceptors (Lipinski definition) is 1. The summed E-state index contributed by atoms with van der Waals surface area (Å²) in [6, 6.07) is 0. The Morgan fingerprint density at radius 2 is 1.86 bits per heavy atom. The van der Waals surface area contributed by atoms with Crippen molar-refractivity contribution < 1.29 is 4.43 Å². The topological polar surface area (TPSA) is 9.23 Å². The van der Waals surface area contributed by atoms with E-state index in [4.69, 9.17) is 4.43 Å². The number of rotatable bonds is 3. The van der Waals surface area contributed by atoms with Crippen LogP contribution in [0, 0.1) is 23.4 Å². The van der Waals surface area contributed by atoms with Gasteiger partial charge >= 0.3 is 0 Å². The predicted molar refractivity (Wildman–Crippen MR) is 65.6 cm³/mol. The van der Waals surface area contributed by atoms with E-state index in [-0.39, 0.29) is 5.41 Å². The van der Waals surface area contributed by atoms with E-state index in [1.165, 1.54) is 12.8 Å². The average molecular weight is 212 g/mol. The van der Waals surface area contributed by atoms with Crippen molar-refractivity contribution in [2.45, 2.75) is 53.6 Å². The lowest BCUT2D eigenvalue weighted by molar-refractivity contribution is 0.285. The summed E-state index contributed by atoms with van der Waals surface area (Å²) in [6.45, 7) is 13.2. The van der Waals surface area contributed by atoms with Gasteiger partial charge in [0.25, 0.3) is 0 Å². The van der Waals surface area contributed by atoms with Gasteiger partial charge in [0.2, 0.25) is 9.04 Å². The van der Waals surface area contributed by atoms with Crippen molar-refractivity contribution in [2.24, 2.45) is 11.3 Å². The van der Waals surface area contributed by atoms with Crippen molar-refractivity contribution in [1.29, 1.82) is 0 Å². The third-order valence-corrected chi connectivity index (χ3v) is 2.74. The third-order valence-electron chi connectivity index (χ3n) is 2.15.